The Balaban J connectivity index is 1.59. The van der Waals surface area contributed by atoms with Crippen LogP contribution in [-0.4, -0.2) is 6.04 Å². The summed E-state index contributed by atoms with van der Waals surface area (Å²) in [4.78, 5) is 0. The van der Waals surface area contributed by atoms with Crippen molar-refractivity contribution in [1.29, 1.82) is 0 Å². The first-order chi connectivity index (χ1) is 8.83. The quantitative estimate of drug-likeness (QED) is 0.858. The molecule has 2 heteroatoms. The van der Waals surface area contributed by atoms with Gasteiger partial charge in [0.2, 0.25) is 0 Å². The van der Waals surface area contributed by atoms with E-state index in [1.165, 1.54) is 28.6 Å². The van der Waals surface area contributed by atoms with Crippen LogP contribution in [0.5, 0.6) is 0 Å². The van der Waals surface area contributed by atoms with E-state index in [-0.39, 0.29) is 0 Å². The molecule has 3 rings (SSSR count). The van der Waals surface area contributed by atoms with Crippen molar-refractivity contribution in [3.05, 3.63) is 64.6 Å². The SMILES string of the molecule is Brc1ccccc1C1CC(Nc2ccccc2)C1. The minimum absolute atomic E-state index is 0.615. The van der Waals surface area contributed by atoms with Crippen LogP contribution in [-0.2, 0) is 0 Å². The van der Waals surface area contributed by atoms with Crippen LogP contribution in [0.15, 0.2) is 59.1 Å². The van der Waals surface area contributed by atoms with Crippen LogP contribution in [0.4, 0.5) is 5.69 Å². The zero-order chi connectivity index (χ0) is 12.4. The Morgan fingerprint density at radius 1 is 0.889 bits per heavy atom. The van der Waals surface area contributed by atoms with Gasteiger partial charge in [-0.3, -0.25) is 0 Å². The molecule has 18 heavy (non-hydrogen) atoms. The van der Waals surface area contributed by atoms with Crippen LogP contribution in [0.25, 0.3) is 0 Å². The standard InChI is InChI=1S/C16H16BrN/c17-16-9-5-4-8-15(16)12-10-14(11-12)18-13-6-2-1-3-7-13/h1-9,12,14,18H,10-11H2. The molecule has 1 aliphatic rings. The van der Waals surface area contributed by atoms with E-state index in [1.807, 2.05) is 0 Å². The number of hydrogen-bond donors (Lipinski definition) is 1. The van der Waals surface area contributed by atoms with Crippen molar-refractivity contribution in [2.75, 3.05) is 5.32 Å². The second kappa shape index (κ2) is 5.15. The maximum atomic E-state index is 3.64. The Kier molecular flexibility index (Phi) is 3.37. The summed E-state index contributed by atoms with van der Waals surface area (Å²) in [5.41, 5.74) is 2.68. The maximum absolute atomic E-state index is 3.64. The van der Waals surface area contributed by atoms with Crippen LogP contribution < -0.4 is 5.32 Å². The number of hydrogen-bond acceptors (Lipinski definition) is 1. The van der Waals surface area contributed by atoms with Gasteiger partial charge in [-0.25, -0.2) is 0 Å². The average Bonchev–Trinajstić information content (AvgIpc) is 2.36. The van der Waals surface area contributed by atoms with Crippen LogP contribution in [0.2, 0.25) is 0 Å². The minimum Gasteiger partial charge on any atom is -0.382 e. The first-order valence-electron chi connectivity index (χ1n) is 6.39. The van der Waals surface area contributed by atoms with E-state index >= 15 is 0 Å². The molecule has 2 aromatic rings. The van der Waals surface area contributed by atoms with Crippen molar-refractivity contribution in [1.82, 2.24) is 0 Å². The second-order valence-corrected chi connectivity index (χ2v) is 5.75. The van der Waals surface area contributed by atoms with Crippen LogP contribution in [0, 0.1) is 0 Å². The van der Waals surface area contributed by atoms with Gasteiger partial charge in [-0.2, -0.15) is 0 Å². The number of rotatable bonds is 3. The fourth-order valence-electron chi connectivity index (χ4n) is 2.57. The van der Waals surface area contributed by atoms with Crippen LogP contribution in [0.3, 0.4) is 0 Å². The molecule has 1 N–H and O–H groups in total. The fourth-order valence-corrected chi connectivity index (χ4v) is 3.17. The molecule has 2 aromatic carbocycles. The number of nitrogens with one attached hydrogen (secondary N) is 1. The van der Waals surface area contributed by atoms with Crippen molar-refractivity contribution in [2.24, 2.45) is 0 Å². The third kappa shape index (κ3) is 2.44. The van der Waals surface area contributed by atoms with Gasteiger partial charge in [0.25, 0.3) is 0 Å². The first-order valence-corrected chi connectivity index (χ1v) is 7.18. The Morgan fingerprint density at radius 3 is 2.28 bits per heavy atom. The molecular weight excluding hydrogens is 286 g/mol. The maximum Gasteiger partial charge on any atom is 0.0342 e. The van der Waals surface area contributed by atoms with Gasteiger partial charge in [0.15, 0.2) is 0 Å². The Morgan fingerprint density at radius 2 is 1.56 bits per heavy atom. The molecule has 1 fully saturated rings. The summed E-state index contributed by atoms with van der Waals surface area (Å²) in [7, 11) is 0. The summed E-state index contributed by atoms with van der Waals surface area (Å²) < 4.78 is 1.24. The van der Waals surface area contributed by atoms with E-state index in [4.69, 9.17) is 0 Å². The lowest BCUT2D eigenvalue weighted by Crippen LogP contribution is -2.34. The Hall–Kier alpha value is -1.28. The summed E-state index contributed by atoms with van der Waals surface area (Å²) in [5.74, 6) is 0.696. The molecule has 1 aliphatic carbocycles. The van der Waals surface area contributed by atoms with Gasteiger partial charge in [-0.15, -0.1) is 0 Å². The van der Waals surface area contributed by atoms with Gasteiger partial charge in [-0.05, 0) is 42.5 Å². The average molecular weight is 302 g/mol. The number of anilines is 1. The van der Waals surface area contributed by atoms with Gasteiger partial charge >= 0.3 is 0 Å². The van der Waals surface area contributed by atoms with Gasteiger partial charge in [0, 0.05) is 16.2 Å². The number of para-hydroxylation sites is 1. The second-order valence-electron chi connectivity index (χ2n) is 4.90. The minimum atomic E-state index is 0.615. The highest BCUT2D eigenvalue weighted by Gasteiger charge is 2.31. The molecule has 0 aliphatic heterocycles. The largest absolute Gasteiger partial charge is 0.382 e. The van der Waals surface area contributed by atoms with E-state index in [9.17, 15) is 0 Å². The third-order valence-corrected chi connectivity index (χ3v) is 4.35. The van der Waals surface area contributed by atoms with Gasteiger partial charge < -0.3 is 5.32 Å². The lowest BCUT2D eigenvalue weighted by Gasteiger charge is -2.37. The number of benzene rings is 2. The topological polar surface area (TPSA) is 12.0 Å². The van der Waals surface area contributed by atoms with E-state index in [1.54, 1.807) is 0 Å². The van der Waals surface area contributed by atoms with Gasteiger partial charge in [0.05, 0.1) is 0 Å². The zero-order valence-electron chi connectivity index (χ0n) is 10.1. The molecule has 0 aromatic heterocycles. The molecule has 0 radical (unpaired) electrons. The highest BCUT2D eigenvalue weighted by atomic mass is 79.9. The summed E-state index contributed by atoms with van der Waals surface area (Å²) in [5, 5.41) is 3.58. The molecule has 0 atom stereocenters. The fraction of sp³-hybridized carbons (Fsp3) is 0.250. The summed E-state index contributed by atoms with van der Waals surface area (Å²) in [6, 6.07) is 19.6. The molecule has 0 amide bonds. The highest BCUT2D eigenvalue weighted by Crippen LogP contribution is 2.41. The highest BCUT2D eigenvalue weighted by molar-refractivity contribution is 9.10. The molecular formula is C16H16BrN. The lowest BCUT2D eigenvalue weighted by atomic mass is 9.76. The van der Waals surface area contributed by atoms with Gasteiger partial charge in [0.1, 0.15) is 0 Å². The monoisotopic (exact) mass is 301 g/mol. The van der Waals surface area contributed by atoms with E-state index in [0.717, 1.165) is 0 Å². The normalized spacial score (nSPS) is 22.3. The van der Waals surface area contributed by atoms with E-state index < -0.39 is 0 Å². The van der Waals surface area contributed by atoms with E-state index in [0.29, 0.717) is 12.0 Å². The molecule has 0 unspecified atom stereocenters. The zero-order valence-corrected chi connectivity index (χ0v) is 11.7. The van der Waals surface area contributed by atoms with Crippen molar-refractivity contribution in [2.45, 2.75) is 24.8 Å². The smallest absolute Gasteiger partial charge is 0.0342 e. The van der Waals surface area contributed by atoms with Crippen molar-refractivity contribution < 1.29 is 0 Å². The molecule has 1 nitrogen and oxygen atoms in total. The molecule has 92 valence electrons. The Bertz CT molecular complexity index is 518. The predicted octanol–water partition coefficient (Wildman–Crippen LogP) is 4.81. The summed E-state index contributed by atoms with van der Waals surface area (Å²) >= 11 is 3.64. The summed E-state index contributed by atoms with van der Waals surface area (Å²) in [6.45, 7) is 0. The summed E-state index contributed by atoms with van der Waals surface area (Å²) in [6.07, 6.45) is 2.44. The van der Waals surface area contributed by atoms with Crippen molar-refractivity contribution in [3.8, 4) is 0 Å². The molecule has 0 saturated heterocycles. The first kappa shape index (κ1) is 11.8. The molecule has 0 spiro atoms. The predicted molar refractivity (Wildman–Crippen MR) is 80.0 cm³/mol. The number of halogens is 1. The van der Waals surface area contributed by atoms with Gasteiger partial charge in [-0.1, -0.05) is 52.3 Å². The van der Waals surface area contributed by atoms with E-state index in [2.05, 4.69) is 75.8 Å². The molecule has 0 bridgehead atoms. The Labute approximate surface area is 116 Å². The van der Waals surface area contributed by atoms with Crippen molar-refractivity contribution >= 4 is 21.6 Å². The molecule has 1 saturated carbocycles. The molecule has 0 heterocycles. The van der Waals surface area contributed by atoms with Crippen LogP contribution in [0.1, 0.15) is 24.3 Å². The lowest BCUT2D eigenvalue weighted by molar-refractivity contribution is 0.373. The van der Waals surface area contributed by atoms with Crippen LogP contribution >= 0.6 is 15.9 Å². The van der Waals surface area contributed by atoms with Crippen molar-refractivity contribution in [3.63, 3.8) is 0 Å². The third-order valence-electron chi connectivity index (χ3n) is 3.63.